The first-order chi connectivity index (χ1) is 10.0. The SMILES string of the molecule is Cc1ccccc1C(CBr)(CBr)Cc1cc(F)ccc1F. The van der Waals surface area contributed by atoms with Crippen molar-refractivity contribution in [3.8, 4) is 0 Å². The third-order valence-electron chi connectivity index (χ3n) is 3.76. The summed E-state index contributed by atoms with van der Waals surface area (Å²) in [6.45, 7) is 2.04. The van der Waals surface area contributed by atoms with Crippen LogP contribution in [0.1, 0.15) is 16.7 Å². The minimum Gasteiger partial charge on any atom is -0.207 e. The maximum Gasteiger partial charge on any atom is 0.126 e. The molecule has 0 aliphatic rings. The summed E-state index contributed by atoms with van der Waals surface area (Å²) in [6, 6.07) is 11.7. The van der Waals surface area contributed by atoms with Crippen LogP contribution in [0.25, 0.3) is 0 Å². The van der Waals surface area contributed by atoms with Crippen LogP contribution in [0.3, 0.4) is 0 Å². The molecule has 2 rings (SSSR count). The number of alkyl halides is 2. The Bertz CT molecular complexity index is 622. The number of hydrogen-bond acceptors (Lipinski definition) is 0. The topological polar surface area (TPSA) is 0 Å². The number of rotatable bonds is 5. The van der Waals surface area contributed by atoms with E-state index in [1.54, 1.807) is 0 Å². The van der Waals surface area contributed by atoms with Gasteiger partial charge in [0.25, 0.3) is 0 Å². The van der Waals surface area contributed by atoms with E-state index >= 15 is 0 Å². The Morgan fingerprint density at radius 3 is 2.29 bits per heavy atom. The summed E-state index contributed by atoms with van der Waals surface area (Å²) in [7, 11) is 0. The van der Waals surface area contributed by atoms with Crippen LogP contribution in [-0.4, -0.2) is 10.7 Å². The maximum absolute atomic E-state index is 14.0. The van der Waals surface area contributed by atoms with Crippen molar-refractivity contribution in [2.24, 2.45) is 0 Å². The number of aryl methyl sites for hydroxylation is 1. The fourth-order valence-corrected chi connectivity index (χ4v) is 4.51. The van der Waals surface area contributed by atoms with Crippen LogP contribution in [0.2, 0.25) is 0 Å². The molecule has 112 valence electrons. The molecule has 0 saturated heterocycles. The quantitative estimate of drug-likeness (QED) is 0.560. The molecule has 0 atom stereocenters. The van der Waals surface area contributed by atoms with E-state index in [4.69, 9.17) is 0 Å². The highest BCUT2D eigenvalue weighted by Gasteiger charge is 2.32. The van der Waals surface area contributed by atoms with Crippen LogP contribution >= 0.6 is 31.9 Å². The second-order valence-electron chi connectivity index (χ2n) is 5.28. The molecule has 0 amide bonds. The molecule has 0 N–H and O–H groups in total. The summed E-state index contributed by atoms with van der Waals surface area (Å²) < 4.78 is 27.4. The molecule has 0 heterocycles. The molecule has 0 fully saturated rings. The van der Waals surface area contributed by atoms with Gasteiger partial charge in [0.1, 0.15) is 11.6 Å². The molecule has 2 aromatic carbocycles. The average molecular weight is 418 g/mol. The Labute approximate surface area is 140 Å². The normalized spacial score (nSPS) is 11.7. The third-order valence-corrected chi connectivity index (χ3v) is 5.91. The summed E-state index contributed by atoms with van der Waals surface area (Å²) >= 11 is 7.12. The number of hydrogen-bond donors (Lipinski definition) is 0. The molecule has 21 heavy (non-hydrogen) atoms. The first-order valence-electron chi connectivity index (χ1n) is 6.64. The minimum absolute atomic E-state index is 0.319. The van der Waals surface area contributed by atoms with E-state index < -0.39 is 5.82 Å². The van der Waals surface area contributed by atoms with Crippen molar-refractivity contribution >= 4 is 31.9 Å². The van der Waals surface area contributed by atoms with Crippen LogP contribution in [0, 0.1) is 18.6 Å². The predicted octanol–water partition coefficient (Wildman–Crippen LogP) is 5.54. The monoisotopic (exact) mass is 416 g/mol. The van der Waals surface area contributed by atoms with Gasteiger partial charge in [0.2, 0.25) is 0 Å². The fourth-order valence-electron chi connectivity index (χ4n) is 2.58. The van der Waals surface area contributed by atoms with Crippen molar-refractivity contribution in [2.45, 2.75) is 18.8 Å². The molecule has 0 aliphatic heterocycles. The van der Waals surface area contributed by atoms with Gasteiger partial charge in [0.15, 0.2) is 0 Å². The first-order valence-corrected chi connectivity index (χ1v) is 8.89. The predicted molar refractivity (Wildman–Crippen MR) is 90.5 cm³/mol. The zero-order valence-electron chi connectivity index (χ0n) is 11.7. The van der Waals surface area contributed by atoms with E-state index in [9.17, 15) is 8.78 Å². The van der Waals surface area contributed by atoms with Crippen molar-refractivity contribution < 1.29 is 8.78 Å². The van der Waals surface area contributed by atoms with Gasteiger partial charge in [-0.15, -0.1) is 0 Å². The molecule has 0 radical (unpaired) electrons. The Kier molecular flexibility index (Phi) is 5.55. The highest BCUT2D eigenvalue weighted by Crippen LogP contribution is 2.35. The van der Waals surface area contributed by atoms with Gasteiger partial charge in [-0.05, 0) is 48.2 Å². The average Bonchev–Trinajstić information content (AvgIpc) is 2.49. The van der Waals surface area contributed by atoms with Crippen molar-refractivity contribution in [3.63, 3.8) is 0 Å². The van der Waals surface area contributed by atoms with Gasteiger partial charge in [-0.3, -0.25) is 0 Å². The van der Waals surface area contributed by atoms with Crippen LogP contribution in [0.5, 0.6) is 0 Å². The van der Waals surface area contributed by atoms with Gasteiger partial charge in [-0.25, -0.2) is 8.78 Å². The molecule has 0 aromatic heterocycles. The zero-order chi connectivity index (χ0) is 15.5. The standard InChI is InChI=1S/C17H16Br2F2/c1-12-4-2-3-5-15(12)17(10-18,11-19)9-13-8-14(20)6-7-16(13)21/h2-8H,9-11H2,1H3. The Hall–Kier alpha value is -0.740. The van der Waals surface area contributed by atoms with E-state index in [-0.39, 0.29) is 11.2 Å². The summed E-state index contributed by atoms with van der Waals surface area (Å²) in [5.41, 5.74) is 2.37. The van der Waals surface area contributed by atoms with Gasteiger partial charge in [-0.2, -0.15) is 0 Å². The molecular formula is C17H16Br2F2. The van der Waals surface area contributed by atoms with E-state index in [1.807, 2.05) is 25.1 Å². The molecule has 4 heteroatoms. The smallest absolute Gasteiger partial charge is 0.126 e. The Morgan fingerprint density at radius 1 is 1.00 bits per heavy atom. The van der Waals surface area contributed by atoms with E-state index in [2.05, 4.69) is 37.9 Å². The molecule has 0 unspecified atom stereocenters. The third kappa shape index (κ3) is 3.54. The van der Waals surface area contributed by atoms with Crippen LogP contribution in [-0.2, 0) is 11.8 Å². The van der Waals surface area contributed by atoms with Gasteiger partial charge in [-0.1, -0.05) is 56.1 Å². The lowest BCUT2D eigenvalue weighted by Crippen LogP contribution is -2.34. The first kappa shape index (κ1) is 16.6. The molecule has 0 aliphatic carbocycles. The highest BCUT2D eigenvalue weighted by atomic mass is 79.9. The molecule has 0 spiro atoms. The lowest BCUT2D eigenvalue weighted by atomic mass is 9.77. The molecule has 0 nitrogen and oxygen atoms in total. The molecule has 0 saturated carbocycles. The highest BCUT2D eigenvalue weighted by molar-refractivity contribution is 9.09. The summed E-state index contributed by atoms with van der Waals surface area (Å²) in [5, 5.41) is 1.32. The molecular weight excluding hydrogens is 402 g/mol. The van der Waals surface area contributed by atoms with Crippen LogP contribution < -0.4 is 0 Å². The number of halogens is 4. The lowest BCUT2D eigenvalue weighted by molar-refractivity contribution is 0.514. The Balaban J connectivity index is 2.48. The van der Waals surface area contributed by atoms with E-state index in [0.29, 0.717) is 22.6 Å². The van der Waals surface area contributed by atoms with Crippen molar-refractivity contribution in [2.75, 3.05) is 10.7 Å². The van der Waals surface area contributed by atoms with Gasteiger partial charge >= 0.3 is 0 Å². The van der Waals surface area contributed by atoms with E-state index in [0.717, 1.165) is 17.2 Å². The number of benzene rings is 2. The largest absolute Gasteiger partial charge is 0.207 e. The van der Waals surface area contributed by atoms with Gasteiger partial charge in [0, 0.05) is 16.1 Å². The summed E-state index contributed by atoms with van der Waals surface area (Å²) in [5.74, 6) is -0.773. The van der Waals surface area contributed by atoms with Crippen molar-refractivity contribution in [1.29, 1.82) is 0 Å². The lowest BCUT2D eigenvalue weighted by Gasteiger charge is -2.32. The van der Waals surface area contributed by atoms with Crippen LogP contribution in [0.15, 0.2) is 42.5 Å². The summed E-state index contributed by atoms with van der Waals surface area (Å²) in [4.78, 5) is 0. The maximum atomic E-state index is 14.0. The fraction of sp³-hybridized carbons (Fsp3) is 0.294. The zero-order valence-corrected chi connectivity index (χ0v) is 14.8. The minimum atomic E-state index is -0.408. The second-order valence-corrected chi connectivity index (χ2v) is 6.40. The Morgan fingerprint density at radius 2 is 1.67 bits per heavy atom. The van der Waals surface area contributed by atoms with E-state index in [1.165, 1.54) is 12.1 Å². The molecule has 0 bridgehead atoms. The van der Waals surface area contributed by atoms with Gasteiger partial charge < -0.3 is 0 Å². The summed E-state index contributed by atoms with van der Waals surface area (Å²) in [6.07, 6.45) is 0.429. The van der Waals surface area contributed by atoms with Crippen LogP contribution in [0.4, 0.5) is 8.78 Å². The molecule has 2 aromatic rings. The van der Waals surface area contributed by atoms with Gasteiger partial charge in [0.05, 0.1) is 0 Å². The second kappa shape index (κ2) is 7.01. The van der Waals surface area contributed by atoms with Crippen molar-refractivity contribution in [1.82, 2.24) is 0 Å². The van der Waals surface area contributed by atoms with Crippen molar-refractivity contribution in [3.05, 3.63) is 70.8 Å².